The molecule has 0 spiro atoms. The maximum atomic E-state index is 2.90. The van der Waals surface area contributed by atoms with Gasteiger partial charge in [-0.3, -0.25) is 4.90 Å². The van der Waals surface area contributed by atoms with E-state index in [0.717, 1.165) is 18.1 Å². The summed E-state index contributed by atoms with van der Waals surface area (Å²) in [5.74, 6) is 0. The molecule has 1 atom stereocenters. The molecule has 0 aromatic heterocycles. The summed E-state index contributed by atoms with van der Waals surface area (Å²) in [5.41, 5.74) is 0. The zero-order valence-electron chi connectivity index (χ0n) is 9.12. The van der Waals surface area contributed by atoms with Crippen LogP contribution in [0.5, 0.6) is 0 Å². The van der Waals surface area contributed by atoms with E-state index in [4.69, 9.17) is 0 Å². The Labute approximate surface area is 87.9 Å². The Hall–Kier alpha value is -0.0400. The van der Waals surface area contributed by atoms with E-state index in [2.05, 4.69) is 11.3 Å². The summed E-state index contributed by atoms with van der Waals surface area (Å²) in [6, 6.07) is 2.79. The van der Waals surface area contributed by atoms with Gasteiger partial charge in [0.15, 0.2) is 0 Å². The van der Waals surface area contributed by atoms with Crippen molar-refractivity contribution < 1.29 is 0 Å². The lowest BCUT2D eigenvalue weighted by Crippen LogP contribution is -2.53. The van der Waals surface area contributed by atoms with Crippen LogP contribution in [-0.2, 0) is 0 Å². The lowest BCUT2D eigenvalue weighted by Gasteiger charge is -2.49. The maximum absolute atomic E-state index is 2.90. The molecule has 14 heavy (non-hydrogen) atoms. The van der Waals surface area contributed by atoms with Crippen LogP contribution in [0.1, 0.15) is 57.8 Å². The lowest BCUT2D eigenvalue weighted by atomic mass is 9.83. The first kappa shape index (κ1) is 9.21. The first-order valence-electron chi connectivity index (χ1n) is 6.56. The molecule has 3 fully saturated rings. The molecule has 0 aromatic rings. The second kappa shape index (κ2) is 3.84. The van der Waals surface area contributed by atoms with E-state index in [9.17, 15) is 0 Å². The Morgan fingerprint density at radius 1 is 0.786 bits per heavy atom. The summed E-state index contributed by atoms with van der Waals surface area (Å²) in [5, 5.41) is 0. The van der Waals surface area contributed by atoms with Crippen LogP contribution in [0.4, 0.5) is 0 Å². The van der Waals surface area contributed by atoms with Gasteiger partial charge >= 0.3 is 0 Å². The van der Waals surface area contributed by atoms with Gasteiger partial charge in [-0.2, -0.15) is 0 Å². The average molecular weight is 192 g/mol. The minimum Gasteiger partial charge on any atom is -0.294 e. The highest BCUT2D eigenvalue weighted by Gasteiger charge is 2.38. The van der Waals surface area contributed by atoms with E-state index >= 15 is 0 Å². The highest BCUT2D eigenvalue weighted by atomic mass is 15.2. The van der Waals surface area contributed by atoms with Crippen molar-refractivity contribution in [3.63, 3.8) is 0 Å². The van der Waals surface area contributed by atoms with Crippen molar-refractivity contribution in [1.29, 1.82) is 0 Å². The van der Waals surface area contributed by atoms with E-state index in [0.29, 0.717) is 0 Å². The Balaban J connectivity index is 1.75. The predicted octanol–water partition coefficient (Wildman–Crippen LogP) is 3.15. The van der Waals surface area contributed by atoms with Crippen molar-refractivity contribution in [2.75, 3.05) is 0 Å². The summed E-state index contributed by atoms with van der Waals surface area (Å²) < 4.78 is 0. The highest BCUT2D eigenvalue weighted by Crippen LogP contribution is 2.38. The molecule has 2 saturated heterocycles. The van der Waals surface area contributed by atoms with Gasteiger partial charge in [0.1, 0.15) is 0 Å². The molecule has 2 aliphatic heterocycles. The van der Waals surface area contributed by atoms with Crippen molar-refractivity contribution in [2.24, 2.45) is 0 Å². The molecule has 0 amide bonds. The number of hydrogen-bond acceptors (Lipinski definition) is 1. The maximum Gasteiger partial charge on any atom is 0.0133 e. The predicted molar refractivity (Wildman–Crippen MR) is 59.1 cm³/mol. The van der Waals surface area contributed by atoms with Crippen LogP contribution in [0.25, 0.3) is 0 Å². The summed E-state index contributed by atoms with van der Waals surface area (Å²) in [7, 11) is 0. The van der Waals surface area contributed by atoms with E-state index in [1.54, 1.807) is 0 Å². The number of fused-ring (bicyclic) bond motifs is 2. The molecule has 2 bridgehead atoms. The van der Waals surface area contributed by atoms with Crippen LogP contribution in [0, 0.1) is 6.42 Å². The van der Waals surface area contributed by atoms with E-state index in [-0.39, 0.29) is 0 Å². The third-order valence-electron chi connectivity index (χ3n) is 4.52. The number of piperidine rings is 2. The van der Waals surface area contributed by atoms with Crippen LogP contribution < -0.4 is 0 Å². The molecule has 79 valence electrons. The van der Waals surface area contributed by atoms with Gasteiger partial charge in [0, 0.05) is 18.1 Å². The summed E-state index contributed by atoms with van der Waals surface area (Å²) in [6.45, 7) is 0. The molecule has 3 rings (SSSR count). The molecular formula is C13H22N. The van der Waals surface area contributed by atoms with E-state index in [1.807, 2.05) is 0 Å². The summed E-state index contributed by atoms with van der Waals surface area (Å²) in [6.07, 6.45) is 15.8. The molecular weight excluding hydrogens is 170 g/mol. The van der Waals surface area contributed by atoms with Crippen molar-refractivity contribution in [3.05, 3.63) is 6.42 Å². The molecule has 2 heterocycles. The van der Waals surface area contributed by atoms with Gasteiger partial charge < -0.3 is 0 Å². The van der Waals surface area contributed by atoms with E-state index < -0.39 is 0 Å². The fourth-order valence-corrected chi connectivity index (χ4v) is 3.93. The second-order valence-electron chi connectivity index (χ2n) is 5.35. The molecule has 3 aliphatic rings. The Morgan fingerprint density at radius 2 is 1.43 bits per heavy atom. The van der Waals surface area contributed by atoms with Crippen LogP contribution in [0.3, 0.4) is 0 Å². The topological polar surface area (TPSA) is 3.24 Å². The van der Waals surface area contributed by atoms with Gasteiger partial charge in [-0.25, -0.2) is 0 Å². The van der Waals surface area contributed by atoms with Crippen molar-refractivity contribution in [1.82, 2.24) is 4.90 Å². The molecule has 1 heteroatoms. The second-order valence-corrected chi connectivity index (χ2v) is 5.35. The Morgan fingerprint density at radius 3 is 1.93 bits per heavy atom. The minimum absolute atomic E-state index is 0.866. The fourth-order valence-electron chi connectivity index (χ4n) is 3.93. The van der Waals surface area contributed by atoms with Gasteiger partial charge in [0.2, 0.25) is 0 Å². The zero-order chi connectivity index (χ0) is 9.38. The largest absolute Gasteiger partial charge is 0.294 e. The van der Waals surface area contributed by atoms with Gasteiger partial charge in [0.25, 0.3) is 0 Å². The standard InChI is InChI=1S/C13H22N/c1-2-6-11(5-1)14-12-7-3-8-13(14)10-4-9-12/h5,11-13H,1-4,6-10H2. The third-order valence-corrected chi connectivity index (χ3v) is 4.52. The summed E-state index contributed by atoms with van der Waals surface area (Å²) >= 11 is 0. The van der Waals surface area contributed by atoms with Gasteiger partial charge in [-0.05, 0) is 44.9 Å². The monoisotopic (exact) mass is 192 g/mol. The van der Waals surface area contributed by atoms with Crippen LogP contribution in [0.2, 0.25) is 0 Å². The normalized spacial score (nSPS) is 40.3. The SMILES string of the molecule is [CH]1CCCC1N1C2CCCC1CCC2. The third kappa shape index (κ3) is 1.50. The zero-order valence-corrected chi connectivity index (χ0v) is 9.12. The molecule has 0 N–H and O–H groups in total. The highest BCUT2D eigenvalue weighted by molar-refractivity contribution is 5.00. The van der Waals surface area contributed by atoms with Gasteiger partial charge in [-0.1, -0.05) is 19.3 Å². The number of hydrogen-bond donors (Lipinski definition) is 0. The van der Waals surface area contributed by atoms with Crippen LogP contribution in [-0.4, -0.2) is 23.0 Å². The first-order chi connectivity index (χ1) is 6.95. The fraction of sp³-hybridized carbons (Fsp3) is 0.923. The van der Waals surface area contributed by atoms with Gasteiger partial charge in [0.05, 0.1) is 0 Å². The van der Waals surface area contributed by atoms with Crippen molar-refractivity contribution >= 4 is 0 Å². The minimum atomic E-state index is 0.866. The Bertz CT molecular complexity index is 171. The van der Waals surface area contributed by atoms with Crippen molar-refractivity contribution in [2.45, 2.75) is 75.9 Å². The number of nitrogens with zero attached hydrogens (tertiary/aromatic N) is 1. The lowest BCUT2D eigenvalue weighted by molar-refractivity contribution is 0.0145. The quantitative estimate of drug-likeness (QED) is 0.617. The Kier molecular flexibility index (Phi) is 2.53. The van der Waals surface area contributed by atoms with Gasteiger partial charge in [-0.15, -0.1) is 0 Å². The van der Waals surface area contributed by atoms with Crippen LogP contribution >= 0.6 is 0 Å². The number of rotatable bonds is 1. The first-order valence-corrected chi connectivity index (χ1v) is 6.56. The molecule has 1 nitrogen and oxygen atoms in total. The van der Waals surface area contributed by atoms with E-state index in [1.165, 1.54) is 57.8 Å². The van der Waals surface area contributed by atoms with Crippen LogP contribution in [0.15, 0.2) is 0 Å². The molecule has 1 aliphatic carbocycles. The molecule has 1 saturated carbocycles. The average Bonchev–Trinajstić information content (AvgIpc) is 2.69. The molecule has 0 aromatic carbocycles. The van der Waals surface area contributed by atoms with Crippen molar-refractivity contribution in [3.8, 4) is 0 Å². The smallest absolute Gasteiger partial charge is 0.0133 e. The summed E-state index contributed by atoms with van der Waals surface area (Å²) in [4.78, 5) is 2.90. The molecule has 1 radical (unpaired) electrons. The molecule has 1 unspecified atom stereocenters.